The van der Waals surface area contributed by atoms with Crippen molar-refractivity contribution in [3.8, 4) is 0 Å². The van der Waals surface area contributed by atoms with Crippen LogP contribution in [0.4, 0.5) is 8.78 Å². The van der Waals surface area contributed by atoms with Crippen molar-refractivity contribution >= 4 is 0 Å². The van der Waals surface area contributed by atoms with E-state index in [0.29, 0.717) is 11.5 Å². The first kappa shape index (κ1) is 15.4. The Hall–Kier alpha value is -1.00. The molecule has 0 aliphatic carbocycles. The van der Waals surface area contributed by atoms with Crippen LogP contribution in [0.5, 0.6) is 0 Å². The number of rotatable bonds is 5. The molecule has 1 N–H and O–H groups in total. The van der Waals surface area contributed by atoms with Crippen LogP contribution in [-0.4, -0.2) is 31.1 Å². The van der Waals surface area contributed by atoms with Gasteiger partial charge in [-0.05, 0) is 70.1 Å². The smallest absolute Gasteiger partial charge is 0.128 e. The fourth-order valence-electron chi connectivity index (χ4n) is 2.92. The Labute approximate surface area is 120 Å². The highest BCUT2D eigenvalue weighted by atomic mass is 19.1. The maximum Gasteiger partial charge on any atom is 0.128 e. The standard InChI is InChI=1S/C16H24F2N2/c1-3-19-11-13-6-8-20(9-7-13)12(2)15-10-14(17)4-5-16(15)18/h4-5,10,12-13,19H,3,6-9,11H2,1-2H3. The minimum absolute atomic E-state index is 0.0641. The number of benzene rings is 1. The molecule has 1 saturated heterocycles. The monoisotopic (exact) mass is 282 g/mol. The van der Waals surface area contributed by atoms with Gasteiger partial charge in [0.25, 0.3) is 0 Å². The summed E-state index contributed by atoms with van der Waals surface area (Å²) in [5.74, 6) is 0.0275. The van der Waals surface area contributed by atoms with E-state index in [4.69, 9.17) is 0 Å². The summed E-state index contributed by atoms with van der Waals surface area (Å²) >= 11 is 0. The first-order valence-corrected chi connectivity index (χ1v) is 7.51. The van der Waals surface area contributed by atoms with Crippen LogP contribution in [-0.2, 0) is 0 Å². The van der Waals surface area contributed by atoms with Gasteiger partial charge in [-0.3, -0.25) is 4.90 Å². The highest BCUT2D eigenvalue weighted by Crippen LogP contribution is 2.28. The number of piperidine rings is 1. The Morgan fingerprint density at radius 2 is 2.00 bits per heavy atom. The van der Waals surface area contributed by atoms with Crippen molar-refractivity contribution in [1.29, 1.82) is 0 Å². The second-order valence-electron chi connectivity index (χ2n) is 5.63. The van der Waals surface area contributed by atoms with Gasteiger partial charge in [-0.1, -0.05) is 6.92 Å². The van der Waals surface area contributed by atoms with Crippen LogP contribution in [0.1, 0.15) is 38.3 Å². The molecule has 1 aliphatic heterocycles. The molecule has 0 spiro atoms. The molecule has 1 atom stereocenters. The maximum absolute atomic E-state index is 13.8. The molecule has 2 nitrogen and oxygen atoms in total. The average molecular weight is 282 g/mol. The highest BCUT2D eigenvalue weighted by molar-refractivity contribution is 5.22. The lowest BCUT2D eigenvalue weighted by molar-refractivity contribution is 0.138. The number of likely N-dealkylation sites (tertiary alicyclic amines) is 1. The van der Waals surface area contributed by atoms with Crippen molar-refractivity contribution < 1.29 is 8.78 Å². The summed E-state index contributed by atoms with van der Waals surface area (Å²) in [6, 6.07) is 3.66. The molecular formula is C16H24F2N2. The molecule has 1 aliphatic rings. The third-order valence-electron chi connectivity index (χ3n) is 4.29. The molecule has 0 saturated carbocycles. The summed E-state index contributed by atoms with van der Waals surface area (Å²) in [7, 11) is 0. The van der Waals surface area contributed by atoms with Crippen LogP contribution in [0, 0.1) is 17.6 Å². The molecule has 0 amide bonds. The zero-order valence-corrected chi connectivity index (χ0v) is 12.3. The van der Waals surface area contributed by atoms with Crippen molar-refractivity contribution in [3.63, 3.8) is 0 Å². The summed E-state index contributed by atoms with van der Waals surface area (Å²) in [5, 5.41) is 3.38. The van der Waals surface area contributed by atoms with E-state index in [9.17, 15) is 8.78 Å². The van der Waals surface area contributed by atoms with Gasteiger partial charge >= 0.3 is 0 Å². The largest absolute Gasteiger partial charge is 0.317 e. The number of halogens is 2. The van der Waals surface area contributed by atoms with Crippen LogP contribution in [0.15, 0.2) is 18.2 Å². The van der Waals surface area contributed by atoms with E-state index < -0.39 is 0 Å². The summed E-state index contributed by atoms with van der Waals surface area (Å²) in [4.78, 5) is 2.25. The van der Waals surface area contributed by atoms with Gasteiger partial charge in [0, 0.05) is 11.6 Å². The fourth-order valence-corrected chi connectivity index (χ4v) is 2.92. The van der Waals surface area contributed by atoms with Gasteiger partial charge in [-0.2, -0.15) is 0 Å². The molecule has 1 unspecified atom stereocenters. The van der Waals surface area contributed by atoms with Crippen molar-refractivity contribution in [1.82, 2.24) is 10.2 Å². The van der Waals surface area contributed by atoms with E-state index in [1.54, 1.807) is 0 Å². The summed E-state index contributed by atoms with van der Waals surface area (Å²) in [6.45, 7) is 8.05. The summed E-state index contributed by atoms with van der Waals surface area (Å²) in [6.07, 6.45) is 2.24. The first-order chi connectivity index (χ1) is 9.61. The van der Waals surface area contributed by atoms with Gasteiger partial charge in [0.2, 0.25) is 0 Å². The van der Waals surface area contributed by atoms with E-state index in [1.807, 2.05) is 6.92 Å². The molecule has 1 fully saturated rings. The molecule has 4 heteroatoms. The first-order valence-electron chi connectivity index (χ1n) is 7.51. The van der Waals surface area contributed by atoms with Gasteiger partial charge in [0.1, 0.15) is 11.6 Å². The number of hydrogen-bond acceptors (Lipinski definition) is 2. The number of hydrogen-bond donors (Lipinski definition) is 1. The molecule has 112 valence electrons. The Balaban J connectivity index is 1.94. The minimum Gasteiger partial charge on any atom is -0.317 e. The van der Waals surface area contributed by atoms with Crippen LogP contribution in [0.3, 0.4) is 0 Å². The fraction of sp³-hybridized carbons (Fsp3) is 0.625. The quantitative estimate of drug-likeness (QED) is 0.891. The Kier molecular flexibility index (Phi) is 5.49. The predicted octanol–water partition coefficient (Wildman–Crippen LogP) is 3.35. The Morgan fingerprint density at radius 3 is 2.65 bits per heavy atom. The maximum atomic E-state index is 13.8. The topological polar surface area (TPSA) is 15.3 Å². The molecular weight excluding hydrogens is 258 g/mol. The molecule has 0 aromatic heterocycles. The summed E-state index contributed by atoms with van der Waals surface area (Å²) < 4.78 is 27.1. The molecule has 1 aromatic rings. The molecule has 20 heavy (non-hydrogen) atoms. The van der Waals surface area contributed by atoms with Crippen LogP contribution in [0.25, 0.3) is 0 Å². The molecule has 0 radical (unpaired) electrons. The van der Waals surface area contributed by atoms with Gasteiger partial charge in [0.15, 0.2) is 0 Å². The summed E-state index contributed by atoms with van der Waals surface area (Å²) in [5.41, 5.74) is 0.468. The van der Waals surface area contributed by atoms with Crippen molar-refractivity contribution in [2.24, 2.45) is 5.92 Å². The zero-order chi connectivity index (χ0) is 14.5. The number of nitrogens with one attached hydrogen (secondary N) is 1. The van der Waals surface area contributed by atoms with Gasteiger partial charge in [-0.25, -0.2) is 8.78 Å². The van der Waals surface area contributed by atoms with Gasteiger partial charge in [0.05, 0.1) is 0 Å². The third kappa shape index (κ3) is 3.76. The molecule has 1 aromatic carbocycles. The minimum atomic E-state index is -0.365. The Bertz CT molecular complexity index is 428. The lowest BCUT2D eigenvalue weighted by Gasteiger charge is -2.36. The van der Waals surface area contributed by atoms with E-state index in [-0.39, 0.29) is 17.7 Å². The Morgan fingerprint density at radius 1 is 1.30 bits per heavy atom. The third-order valence-corrected chi connectivity index (χ3v) is 4.29. The van der Waals surface area contributed by atoms with Crippen molar-refractivity contribution in [3.05, 3.63) is 35.4 Å². The second-order valence-corrected chi connectivity index (χ2v) is 5.63. The van der Waals surface area contributed by atoms with Crippen molar-refractivity contribution in [2.75, 3.05) is 26.2 Å². The van der Waals surface area contributed by atoms with E-state index in [1.165, 1.54) is 18.2 Å². The van der Waals surface area contributed by atoms with Crippen LogP contribution < -0.4 is 5.32 Å². The second kappa shape index (κ2) is 7.14. The van der Waals surface area contributed by atoms with Crippen molar-refractivity contribution in [2.45, 2.75) is 32.7 Å². The SMILES string of the molecule is CCNCC1CCN(C(C)c2cc(F)ccc2F)CC1. The van der Waals surface area contributed by atoms with Gasteiger partial charge < -0.3 is 5.32 Å². The van der Waals surface area contributed by atoms with E-state index >= 15 is 0 Å². The highest BCUT2D eigenvalue weighted by Gasteiger charge is 2.25. The predicted molar refractivity (Wildman–Crippen MR) is 77.6 cm³/mol. The normalized spacial score (nSPS) is 19.2. The average Bonchev–Trinajstić information content (AvgIpc) is 2.47. The molecule has 2 rings (SSSR count). The molecule has 0 bridgehead atoms. The van der Waals surface area contributed by atoms with E-state index in [0.717, 1.165) is 39.0 Å². The van der Waals surface area contributed by atoms with Crippen LogP contribution >= 0.6 is 0 Å². The van der Waals surface area contributed by atoms with Crippen LogP contribution in [0.2, 0.25) is 0 Å². The van der Waals surface area contributed by atoms with E-state index in [2.05, 4.69) is 17.1 Å². The lowest BCUT2D eigenvalue weighted by Crippen LogP contribution is -2.38. The lowest BCUT2D eigenvalue weighted by atomic mass is 9.94. The zero-order valence-electron chi connectivity index (χ0n) is 12.3. The van der Waals surface area contributed by atoms with Gasteiger partial charge in [-0.15, -0.1) is 0 Å². The number of nitrogens with zero attached hydrogens (tertiary/aromatic N) is 1. The molecule has 1 heterocycles.